The van der Waals surface area contributed by atoms with Gasteiger partial charge in [-0.05, 0) is 41.5 Å². The molecule has 1 heterocycles. The van der Waals surface area contributed by atoms with Crippen LogP contribution in [0.15, 0.2) is 41.3 Å². The van der Waals surface area contributed by atoms with Gasteiger partial charge >= 0.3 is 0 Å². The van der Waals surface area contributed by atoms with Gasteiger partial charge in [-0.3, -0.25) is 4.72 Å². The molecule has 0 atom stereocenters. The molecule has 3 rings (SSSR count). The highest BCUT2D eigenvalue weighted by atomic mass is 35.5. The number of nitrogens with one attached hydrogen (secondary N) is 2. The van der Waals surface area contributed by atoms with Crippen LogP contribution in [0.5, 0.6) is 0 Å². The average molecular weight is 327 g/mol. The minimum Gasteiger partial charge on any atom is -0.309 e. The third-order valence-corrected chi connectivity index (χ3v) is 4.96. The fourth-order valence-corrected chi connectivity index (χ4v) is 3.49. The first kappa shape index (κ1) is 14.3. The smallest absolute Gasteiger partial charge is 0.261 e. The van der Waals surface area contributed by atoms with Crippen LogP contribution in [0.2, 0.25) is 5.02 Å². The lowest BCUT2D eigenvalue weighted by Crippen LogP contribution is -2.13. The van der Waals surface area contributed by atoms with Gasteiger partial charge in [-0.1, -0.05) is 17.7 Å². The summed E-state index contributed by atoms with van der Waals surface area (Å²) < 4.78 is 40.1. The Hall–Kier alpha value is -1.63. The van der Waals surface area contributed by atoms with E-state index in [-0.39, 0.29) is 15.6 Å². The summed E-state index contributed by atoms with van der Waals surface area (Å²) in [7, 11) is -3.72. The number of fused-ring (bicyclic) bond motifs is 1. The SMILES string of the molecule is O=S(=O)(Nc1ccc(F)c(Cl)c1)c1ccc2c(c1)CNC2. The standard InChI is InChI=1S/C14H12ClFN2O2S/c15-13-6-11(2-4-14(13)16)18-21(19,20)12-3-1-9-7-17-8-10(9)5-12/h1-6,17-18H,7-8H2. The van der Waals surface area contributed by atoms with Crippen molar-refractivity contribution in [3.8, 4) is 0 Å². The van der Waals surface area contributed by atoms with Gasteiger partial charge in [0.25, 0.3) is 10.0 Å². The summed E-state index contributed by atoms with van der Waals surface area (Å²) in [6.07, 6.45) is 0. The van der Waals surface area contributed by atoms with E-state index >= 15 is 0 Å². The van der Waals surface area contributed by atoms with Crippen LogP contribution < -0.4 is 10.0 Å². The van der Waals surface area contributed by atoms with E-state index in [1.807, 2.05) is 0 Å². The Morgan fingerprint density at radius 2 is 1.86 bits per heavy atom. The van der Waals surface area contributed by atoms with Crippen LogP contribution in [0.4, 0.5) is 10.1 Å². The molecule has 0 saturated heterocycles. The minimum absolute atomic E-state index is 0.131. The number of anilines is 1. The molecule has 0 saturated carbocycles. The van der Waals surface area contributed by atoms with Crippen molar-refractivity contribution in [3.63, 3.8) is 0 Å². The lowest BCUT2D eigenvalue weighted by molar-refractivity contribution is 0.601. The number of benzene rings is 2. The summed E-state index contributed by atoms with van der Waals surface area (Å²) in [4.78, 5) is 0.172. The lowest BCUT2D eigenvalue weighted by atomic mass is 10.1. The number of sulfonamides is 1. The molecule has 0 spiro atoms. The van der Waals surface area contributed by atoms with Crippen LogP contribution in [0.3, 0.4) is 0 Å². The molecular formula is C14H12ClFN2O2S. The minimum atomic E-state index is -3.72. The van der Waals surface area contributed by atoms with Gasteiger partial charge in [-0.25, -0.2) is 12.8 Å². The summed E-state index contributed by atoms with van der Waals surface area (Å²) >= 11 is 5.65. The van der Waals surface area contributed by atoms with Gasteiger partial charge in [0.2, 0.25) is 0 Å². The molecule has 0 unspecified atom stereocenters. The van der Waals surface area contributed by atoms with Gasteiger partial charge in [0, 0.05) is 13.1 Å². The van der Waals surface area contributed by atoms with Gasteiger partial charge in [0.15, 0.2) is 0 Å². The van der Waals surface area contributed by atoms with Crippen LogP contribution in [-0.2, 0) is 23.1 Å². The Labute approximate surface area is 127 Å². The highest BCUT2D eigenvalue weighted by Crippen LogP contribution is 2.24. The van der Waals surface area contributed by atoms with Crippen molar-refractivity contribution in [2.75, 3.05) is 4.72 Å². The van der Waals surface area contributed by atoms with Gasteiger partial charge in [0.1, 0.15) is 5.82 Å². The largest absolute Gasteiger partial charge is 0.309 e. The maximum atomic E-state index is 13.1. The molecule has 4 nitrogen and oxygen atoms in total. The zero-order valence-corrected chi connectivity index (χ0v) is 12.4. The first-order valence-electron chi connectivity index (χ1n) is 6.26. The van der Waals surface area contributed by atoms with E-state index in [1.165, 1.54) is 12.1 Å². The van der Waals surface area contributed by atoms with Crippen LogP contribution in [0, 0.1) is 5.82 Å². The summed E-state index contributed by atoms with van der Waals surface area (Å²) in [6, 6.07) is 8.67. The topological polar surface area (TPSA) is 58.2 Å². The molecule has 2 aromatic carbocycles. The second-order valence-electron chi connectivity index (χ2n) is 4.77. The van der Waals surface area contributed by atoms with Gasteiger partial charge < -0.3 is 5.32 Å². The fraction of sp³-hybridized carbons (Fsp3) is 0.143. The fourth-order valence-electron chi connectivity index (χ4n) is 2.21. The molecule has 0 aliphatic carbocycles. The third-order valence-electron chi connectivity index (χ3n) is 3.29. The maximum absolute atomic E-state index is 13.1. The highest BCUT2D eigenvalue weighted by Gasteiger charge is 2.18. The van der Waals surface area contributed by atoms with Crippen LogP contribution >= 0.6 is 11.6 Å². The van der Waals surface area contributed by atoms with Crippen molar-refractivity contribution < 1.29 is 12.8 Å². The summed E-state index contributed by atoms with van der Waals surface area (Å²) in [5.41, 5.74) is 2.29. The molecule has 2 N–H and O–H groups in total. The van der Waals surface area contributed by atoms with Crippen molar-refractivity contribution in [2.45, 2.75) is 18.0 Å². The van der Waals surface area contributed by atoms with E-state index in [4.69, 9.17) is 11.6 Å². The third kappa shape index (κ3) is 2.88. The van der Waals surface area contributed by atoms with E-state index < -0.39 is 15.8 Å². The summed E-state index contributed by atoms with van der Waals surface area (Å²) in [5.74, 6) is -0.594. The molecule has 1 aliphatic rings. The van der Waals surface area contributed by atoms with Gasteiger partial charge in [-0.15, -0.1) is 0 Å². The van der Waals surface area contributed by atoms with Crippen molar-refractivity contribution in [1.29, 1.82) is 0 Å². The maximum Gasteiger partial charge on any atom is 0.261 e. The van der Waals surface area contributed by atoms with Crippen molar-refractivity contribution in [1.82, 2.24) is 5.32 Å². The van der Waals surface area contributed by atoms with Crippen molar-refractivity contribution >= 4 is 27.3 Å². The molecule has 0 fully saturated rings. The summed E-state index contributed by atoms with van der Waals surface area (Å²) in [6.45, 7) is 1.40. The normalized spacial score (nSPS) is 14.0. The molecule has 0 bridgehead atoms. The molecule has 2 aromatic rings. The van der Waals surface area contributed by atoms with Crippen molar-refractivity contribution in [3.05, 3.63) is 58.4 Å². The summed E-state index contributed by atoms with van der Waals surface area (Å²) in [5, 5.41) is 3.02. The quantitative estimate of drug-likeness (QED) is 0.912. The lowest BCUT2D eigenvalue weighted by Gasteiger charge is -2.10. The Kier molecular flexibility index (Phi) is 3.61. The average Bonchev–Trinajstić information content (AvgIpc) is 2.90. The molecule has 21 heavy (non-hydrogen) atoms. The predicted molar refractivity (Wildman–Crippen MR) is 79.2 cm³/mol. The molecule has 1 aliphatic heterocycles. The Morgan fingerprint density at radius 3 is 2.62 bits per heavy atom. The van der Waals surface area contributed by atoms with Crippen LogP contribution in [0.1, 0.15) is 11.1 Å². The molecule has 110 valence electrons. The van der Waals surface area contributed by atoms with Gasteiger partial charge in [0.05, 0.1) is 15.6 Å². The van der Waals surface area contributed by atoms with E-state index in [1.54, 1.807) is 18.2 Å². The number of hydrogen-bond acceptors (Lipinski definition) is 3. The second kappa shape index (κ2) is 5.29. The molecular weight excluding hydrogens is 315 g/mol. The zero-order chi connectivity index (χ0) is 15.0. The van der Waals surface area contributed by atoms with Gasteiger partial charge in [-0.2, -0.15) is 0 Å². The Bertz CT molecular complexity index is 809. The monoisotopic (exact) mass is 326 g/mol. The number of hydrogen-bond donors (Lipinski definition) is 2. The second-order valence-corrected chi connectivity index (χ2v) is 6.86. The first-order chi connectivity index (χ1) is 9.95. The zero-order valence-electron chi connectivity index (χ0n) is 10.9. The predicted octanol–water partition coefficient (Wildman–Crippen LogP) is 2.88. The van der Waals surface area contributed by atoms with E-state index in [9.17, 15) is 12.8 Å². The molecule has 0 radical (unpaired) electrons. The highest BCUT2D eigenvalue weighted by molar-refractivity contribution is 7.92. The molecule has 0 aromatic heterocycles. The van der Waals surface area contributed by atoms with Crippen LogP contribution in [-0.4, -0.2) is 8.42 Å². The molecule has 7 heteroatoms. The van der Waals surface area contributed by atoms with E-state index in [0.717, 1.165) is 23.7 Å². The van der Waals surface area contributed by atoms with E-state index in [2.05, 4.69) is 10.0 Å². The Morgan fingerprint density at radius 1 is 1.10 bits per heavy atom. The first-order valence-corrected chi connectivity index (χ1v) is 8.12. The number of rotatable bonds is 3. The van der Waals surface area contributed by atoms with Crippen molar-refractivity contribution in [2.24, 2.45) is 0 Å². The van der Waals surface area contributed by atoms with E-state index in [0.29, 0.717) is 6.54 Å². The Balaban J connectivity index is 1.91. The molecule has 0 amide bonds. The number of halogens is 2. The van der Waals surface area contributed by atoms with Crippen LogP contribution in [0.25, 0.3) is 0 Å².